The number of para-hydroxylation sites is 1. The number of likely N-dealkylation sites (tertiary alicyclic amines) is 1. The van der Waals surface area contributed by atoms with Crippen molar-refractivity contribution in [2.75, 3.05) is 30.7 Å². The Morgan fingerprint density at radius 1 is 1.11 bits per heavy atom. The first-order chi connectivity index (χ1) is 17.8. The van der Waals surface area contributed by atoms with Gasteiger partial charge in [-0.15, -0.1) is 0 Å². The fourth-order valence-corrected chi connectivity index (χ4v) is 4.23. The maximum absolute atomic E-state index is 12.3. The van der Waals surface area contributed by atoms with E-state index < -0.39 is 17.3 Å². The molecule has 2 aromatic carbocycles. The summed E-state index contributed by atoms with van der Waals surface area (Å²) in [6.45, 7) is 3.93. The highest BCUT2D eigenvalue weighted by molar-refractivity contribution is 5.96. The number of carbonyl (C=O) groups excluding carboxylic acids is 1. The van der Waals surface area contributed by atoms with Crippen LogP contribution in [0.25, 0.3) is 11.1 Å². The molecule has 0 bridgehead atoms. The molecule has 0 aliphatic carbocycles. The summed E-state index contributed by atoms with van der Waals surface area (Å²) in [6, 6.07) is 18.4. The molecule has 0 radical (unpaired) electrons. The van der Waals surface area contributed by atoms with Crippen LogP contribution in [-0.2, 0) is 9.59 Å². The van der Waals surface area contributed by atoms with Gasteiger partial charge >= 0.3 is 5.97 Å². The molecule has 0 atom stereocenters. The van der Waals surface area contributed by atoms with E-state index in [1.54, 1.807) is 18.2 Å². The number of aliphatic carboxylic acids is 1. The van der Waals surface area contributed by atoms with Crippen LogP contribution in [0.5, 0.6) is 11.5 Å². The topological polar surface area (TPSA) is 154 Å². The van der Waals surface area contributed by atoms with E-state index >= 15 is 0 Å². The fraction of sp³-hybridized carbons (Fsp3) is 0.222. The van der Waals surface area contributed by atoms with Crippen molar-refractivity contribution in [2.45, 2.75) is 12.8 Å². The molecule has 10 nitrogen and oxygen atoms in total. The second kappa shape index (κ2) is 10.8. The number of anilines is 2. The molecule has 0 spiro atoms. The average molecular weight is 499 g/mol. The van der Waals surface area contributed by atoms with Crippen LogP contribution >= 0.6 is 0 Å². The van der Waals surface area contributed by atoms with Crippen molar-refractivity contribution in [2.24, 2.45) is 5.41 Å². The standard InChI is InChI=1S/C27H26N6O4/c1-18(15-28)25(34)33-13-11-27(12-14-33,26(35)36)16-30-24-22(23(29)31-17-32-24)19-7-9-21(10-8-19)37-20-5-3-2-4-6-20/h2-10,17H,1,11-14,16H2,(H,35,36)(H3,29,30,31,32). The van der Waals surface area contributed by atoms with Gasteiger partial charge in [0, 0.05) is 19.6 Å². The van der Waals surface area contributed by atoms with E-state index in [0.29, 0.717) is 22.9 Å². The van der Waals surface area contributed by atoms with E-state index in [4.69, 9.17) is 15.7 Å². The minimum Gasteiger partial charge on any atom is -0.481 e. The molecular formula is C27H26N6O4. The van der Waals surface area contributed by atoms with Crippen LogP contribution in [0.4, 0.5) is 11.6 Å². The molecule has 37 heavy (non-hydrogen) atoms. The number of nitrogens with two attached hydrogens (primary N) is 1. The maximum atomic E-state index is 12.3. The van der Waals surface area contributed by atoms with Crippen LogP contribution < -0.4 is 15.8 Å². The van der Waals surface area contributed by atoms with Gasteiger partial charge in [0.15, 0.2) is 0 Å². The summed E-state index contributed by atoms with van der Waals surface area (Å²) in [4.78, 5) is 34.4. The van der Waals surface area contributed by atoms with Crippen LogP contribution in [0.2, 0.25) is 0 Å². The number of hydrogen-bond acceptors (Lipinski definition) is 8. The molecule has 0 saturated carbocycles. The van der Waals surface area contributed by atoms with E-state index in [0.717, 1.165) is 5.56 Å². The molecule has 1 amide bonds. The first-order valence-electron chi connectivity index (χ1n) is 11.6. The minimum absolute atomic E-state index is 0.0716. The Labute approximate surface area is 214 Å². The second-order valence-corrected chi connectivity index (χ2v) is 8.74. The van der Waals surface area contributed by atoms with Gasteiger partial charge in [-0.2, -0.15) is 5.26 Å². The molecular weight excluding hydrogens is 472 g/mol. The molecule has 4 rings (SSSR count). The van der Waals surface area contributed by atoms with Crippen molar-refractivity contribution in [3.63, 3.8) is 0 Å². The number of carboxylic acids is 1. The number of aromatic nitrogens is 2. The predicted molar refractivity (Wildman–Crippen MR) is 138 cm³/mol. The highest BCUT2D eigenvalue weighted by Crippen LogP contribution is 2.36. The summed E-state index contributed by atoms with van der Waals surface area (Å²) in [5, 5.41) is 22.1. The smallest absolute Gasteiger partial charge is 0.311 e. The highest BCUT2D eigenvalue weighted by Gasteiger charge is 2.42. The van der Waals surface area contributed by atoms with Gasteiger partial charge in [0.25, 0.3) is 5.91 Å². The lowest BCUT2D eigenvalue weighted by molar-refractivity contribution is -0.152. The summed E-state index contributed by atoms with van der Waals surface area (Å²) in [5.74, 6) is 0.557. The molecule has 2 heterocycles. The van der Waals surface area contributed by atoms with Crippen molar-refractivity contribution in [1.29, 1.82) is 5.26 Å². The Morgan fingerprint density at radius 2 is 1.76 bits per heavy atom. The summed E-state index contributed by atoms with van der Waals surface area (Å²) >= 11 is 0. The summed E-state index contributed by atoms with van der Waals surface area (Å²) in [5.41, 5.74) is 6.18. The first kappa shape index (κ1) is 25.2. The van der Waals surface area contributed by atoms with Crippen molar-refractivity contribution < 1.29 is 19.4 Å². The number of piperidine rings is 1. The molecule has 4 N–H and O–H groups in total. The van der Waals surface area contributed by atoms with Crippen LogP contribution in [0, 0.1) is 16.7 Å². The maximum Gasteiger partial charge on any atom is 0.311 e. The van der Waals surface area contributed by atoms with Crippen molar-refractivity contribution in [3.05, 3.63) is 73.1 Å². The van der Waals surface area contributed by atoms with Gasteiger partial charge in [-0.3, -0.25) is 9.59 Å². The molecule has 188 valence electrons. The van der Waals surface area contributed by atoms with Crippen molar-refractivity contribution in [1.82, 2.24) is 14.9 Å². The van der Waals surface area contributed by atoms with Crippen molar-refractivity contribution >= 4 is 23.5 Å². The summed E-state index contributed by atoms with van der Waals surface area (Å²) in [7, 11) is 0. The van der Waals surface area contributed by atoms with Gasteiger partial charge in [0.2, 0.25) is 0 Å². The molecule has 1 aliphatic rings. The summed E-state index contributed by atoms with van der Waals surface area (Å²) in [6.07, 6.45) is 1.73. The largest absolute Gasteiger partial charge is 0.481 e. The number of nitrogens with one attached hydrogen (secondary N) is 1. The molecule has 1 saturated heterocycles. The molecule has 1 aromatic heterocycles. The zero-order valence-electron chi connectivity index (χ0n) is 20.1. The lowest BCUT2D eigenvalue weighted by Crippen LogP contribution is -2.49. The van der Waals surface area contributed by atoms with Gasteiger partial charge in [0.05, 0.1) is 11.0 Å². The zero-order valence-corrected chi connectivity index (χ0v) is 20.1. The van der Waals surface area contributed by atoms with Gasteiger partial charge < -0.3 is 25.8 Å². The Bertz CT molecular complexity index is 1340. The van der Waals surface area contributed by atoms with Gasteiger partial charge in [-0.25, -0.2) is 9.97 Å². The van der Waals surface area contributed by atoms with Crippen LogP contribution in [-0.4, -0.2) is 51.5 Å². The van der Waals surface area contributed by atoms with E-state index in [9.17, 15) is 14.7 Å². The number of nitrogen functional groups attached to an aromatic ring is 1. The van der Waals surface area contributed by atoms with Crippen LogP contribution in [0.3, 0.4) is 0 Å². The second-order valence-electron chi connectivity index (χ2n) is 8.74. The number of nitrogens with zero attached hydrogens (tertiary/aromatic N) is 4. The van der Waals surface area contributed by atoms with Gasteiger partial charge in [-0.1, -0.05) is 36.9 Å². The number of hydrogen-bond donors (Lipinski definition) is 3. The normalized spacial score (nSPS) is 14.3. The third-order valence-electron chi connectivity index (χ3n) is 6.45. The first-order valence-corrected chi connectivity index (χ1v) is 11.6. The van der Waals surface area contributed by atoms with Gasteiger partial charge in [0.1, 0.15) is 41.1 Å². The number of rotatable bonds is 8. The number of amides is 1. The monoisotopic (exact) mass is 498 g/mol. The van der Waals surface area contributed by atoms with E-state index in [-0.39, 0.29) is 43.9 Å². The lowest BCUT2D eigenvalue weighted by Gasteiger charge is -2.39. The average Bonchev–Trinajstić information content (AvgIpc) is 2.92. The fourth-order valence-electron chi connectivity index (χ4n) is 4.23. The number of ether oxygens (including phenoxy) is 1. The van der Waals surface area contributed by atoms with E-state index in [2.05, 4.69) is 21.9 Å². The molecule has 0 unspecified atom stereocenters. The number of carboxylic acid groups (broad SMARTS) is 1. The quantitative estimate of drug-likeness (QED) is 0.311. The van der Waals surface area contributed by atoms with Crippen LogP contribution in [0.1, 0.15) is 12.8 Å². The van der Waals surface area contributed by atoms with Crippen LogP contribution in [0.15, 0.2) is 73.1 Å². The Balaban J connectivity index is 1.50. The SMILES string of the molecule is C=C(C#N)C(=O)N1CCC(CNc2ncnc(N)c2-c2ccc(Oc3ccccc3)cc2)(C(=O)O)CC1. The zero-order chi connectivity index (χ0) is 26.4. The summed E-state index contributed by atoms with van der Waals surface area (Å²) < 4.78 is 5.85. The van der Waals surface area contributed by atoms with E-state index in [1.807, 2.05) is 42.5 Å². The lowest BCUT2D eigenvalue weighted by atomic mass is 9.78. The van der Waals surface area contributed by atoms with E-state index in [1.165, 1.54) is 11.2 Å². The third-order valence-corrected chi connectivity index (χ3v) is 6.45. The molecule has 1 aliphatic heterocycles. The molecule has 3 aromatic rings. The van der Waals surface area contributed by atoms with Gasteiger partial charge in [-0.05, 0) is 42.7 Å². The third kappa shape index (κ3) is 5.51. The molecule has 10 heteroatoms. The predicted octanol–water partition coefficient (Wildman–Crippen LogP) is 3.70. The molecule has 1 fully saturated rings. The Hall–Kier alpha value is -4.91. The van der Waals surface area contributed by atoms with Crippen molar-refractivity contribution in [3.8, 4) is 28.7 Å². The Morgan fingerprint density at radius 3 is 2.38 bits per heavy atom. The highest BCUT2D eigenvalue weighted by atomic mass is 16.5. The number of nitriles is 1. The number of carbonyl (C=O) groups is 2. The minimum atomic E-state index is -1.13. The Kier molecular flexibility index (Phi) is 7.34. The number of benzene rings is 2.